The summed E-state index contributed by atoms with van der Waals surface area (Å²) < 4.78 is 65.4. The smallest absolute Gasteiger partial charge is 0.247 e. The number of rotatable bonds is 12. The Morgan fingerprint density at radius 1 is 1.00 bits per heavy atom. The van der Waals surface area contributed by atoms with Crippen LogP contribution in [0.2, 0.25) is 0 Å². The number of hydrogen-bond donors (Lipinski definition) is 0. The standard InChI is InChI=1S/C28H32FNO6S/c1-33-23-12-13-27(34-2)28(18-23)37(31,32)30(20-25-10-6-15-35-25)19-21-7-5-9-24(17-21)36-16-14-22-8-3-4-11-26(22)29/h3-5,7-9,11-13,17-18,25H,6,10,14-16,19-20H2,1-2H3. The van der Waals surface area contributed by atoms with E-state index >= 15 is 0 Å². The van der Waals surface area contributed by atoms with E-state index in [1.54, 1.807) is 36.4 Å². The fraction of sp³-hybridized carbons (Fsp3) is 0.357. The maximum atomic E-state index is 13.9. The molecule has 1 heterocycles. The Morgan fingerprint density at radius 3 is 2.57 bits per heavy atom. The van der Waals surface area contributed by atoms with Crippen LogP contribution in [0.5, 0.6) is 17.2 Å². The van der Waals surface area contributed by atoms with Gasteiger partial charge >= 0.3 is 0 Å². The van der Waals surface area contributed by atoms with Crippen LogP contribution in [-0.4, -0.2) is 52.8 Å². The van der Waals surface area contributed by atoms with Gasteiger partial charge in [-0.05, 0) is 54.3 Å². The normalized spacial score (nSPS) is 15.6. The highest BCUT2D eigenvalue weighted by Crippen LogP contribution is 2.32. The molecule has 37 heavy (non-hydrogen) atoms. The molecule has 1 aliphatic rings. The zero-order valence-corrected chi connectivity index (χ0v) is 21.9. The van der Waals surface area contributed by atoms with E-state index in [0.717, 1.165) is 18.4 Å². The van der Waals surface area contributed by atoms with Gasteiger partial charge < -0.3 is 18.9 Å². The van der Waals surface area contributed by atoms with Gasteiger partial charge in [0.05, 0.1) is 26.9 Å². The average Bonchev–Trinajstić information content (AvgIpc) is 3.42. The summed E-state index contributed by atoms with van der Waals surface area (Å²) in [6.07, 6.45) is 1.92. The Balaban J connectivity index is 1.55. The highest BCUT2D eigenvalue weighted by atomic mass is 32.2. The minimum absolute atomic E-state index is 0.0321. The highest BCUT2D eigenvalue weighted by Gasteiger charge is 2.32. The molecule has 0 radical (unpaired) electrons. The van der Waals surface area contributed by atoms with E-state index < -0.39 is 10.0 Å². The zero-order chi connectivity index (χ0) is 26.3. The first-order valence-corrected chi connectivity index (χ1v) is 13.6. The number of methoxy groups -OCH3 is 2. The van der Waals surface area contributed by atoms with Crippen LogP contribution in [0.4, 0.5) is 4.39 Å². The van der Waals surface area contributed by atoms with Crippen LogP contribution in [0.1, 0.15) is 24.0 Å². The van der Waals surface area contributed by atoms with Crippen LogP contribution < -0.4 is 14.2 Å². The summed E-state index contributed by atoms with van der Waals surface area (Å²) >= 11 is 0. The second-order valence-electron chi connectivity index (χ2n) is 8.79. The quantitative estimate of drug-likeness (QED) is 0.335. The average molecular weight is 530 g/mol. The summed E-state index contributed by atoms with van der Waals surface area (Å²) in [5.41, 5.74) is 1.34. The van der Waals surface area contributed by atoms with Gasteiger partial charge in [0.1, 0.15) is 28.0 Å². The molecule has 3 aromatic carbocycles. The molecule has 7 nitrogen and oxygen atoms in total. The molecule has 0 amide bonds. The van der Waals surface area contributed by atoms with Crippen LogP contribution in [0.3, 0.4) is 0 Å². The van der Waals surface area contributed by atoms with E-state index in [2.05, 4.69) is 0 Å². The summed E-state index contributed by atoms with van der Waals surface area (Å²) in [6.45, 7) is 1.24. The monoisotopic (exact) mass is 529 g/mol. The number of halogens is 1. The number of nitrogens with zero attached hydrogens (tertiary/aromatic N) is 1. The summed E-state index contributed by atoms with van der Waals surface area (Å²) in [5, 5.41) is 0. The van der Waals surface area contributed by atoms with Gasteiger partial charge in [-0.25, -0.2) is 12.8 Å². The lowest BCUT2D eigenvalue weighted by Crippen LogP contribution is -2.37. The molecule has 0 bridgehead atoms. The first-order chi connectivity index (χ1) is 17.9. The molecule has 1 saturated heterocycles. The van der Waals surface area contributed by atoms with Gasteiger partial charge in [0.2, 0.25) is 10.0 Å². The Bertz CT molecular complexity index is 1290. The van der Waals surface area contributed by atoms with Gasteiger partial charge in [-0.15, -0.1) is 0 Å². The lowest BCUT2D eigenvalue weighted by atomic mass is 10.1. The van der Waals surface area contributed by atoms with Gasteiger partial charge in [-0.3, -0.25) is 0 Å². The van der Waals surface area contributed by atoms with Crippen molar-refractivity contribution in [3.63, 3.8) is 0 Å². The molecule has 0 spiro atoms. The van der Waals surface area contributed by atoms with Crippen LogP contribution in [-0.2, 0) is 27.7 Å². The predicted molar refractivity (Wildman–Crippen MR) is 138 cm³/mol. The summed E-state index contributed by atoms with van der Waals surface area (Å²) in [4.78, 5) is 0.0321. The number of benzene rings is 3. The van der Waals surface area contributed by atoms with Crippen molar-refractivity contribution in [1.82, 2.24) is 4.31 Å². The zero-order valence-electron chi connectivity index (χ0n) is 21.1. The Labute approximate surface area is 217 Å². The molecule has 0 aliphatic carbocycles. The SMILES string of the molecule is COc1ccc(OC)c(S(=O)(=O)N(Cc2cccc(OCCc3ccccc3F)c2)CC2CCCO2)c1. The molecule has 0 aromatic heterocycles. The Kier molecular flexibility index (Phi) is 9.02. The molecule has 0 saturated carbocycles. The lowest BCUT2D eigenvalue weighted by Gasteiger charge is -2.26. The van der Waals surface area contributed by atoms with E-state index in [4.69, 9.17) is 18.9 Å². The van der Waals surface area contributed by atoms with Crippen molar-refractivity contribution in [3.05, 3.63) is 83.7 Å². The summed E-state index contributed by atoms with van der Waals surface area (Å²) in [5.74, 6) is 0.982. The topological polar surface area (TPSA) is 74.3 Å². The molecule has 1 atom stereocenters. The van der Waals surface area contributed by atoms with Crippen molar-refractivity contribution in [2.45, 2.75) is 36.8 Å². The third kappa shape index (κ3) is 6.80. The molecule has 198 valence electrons. The van der Waals surface area contributed by atoms with Gasteiger partial charge in [0.15, 0.2) is 0 Å². The minimum Gasteiger partial charge on any atom is -0.497 e. The lowest BCUT2D eigenvalue weighted by molar-refractivity contribution is 0.0925. The van der Waals surface area contributed by atoms with Crippen LogP contribution in [0.25, 0.3) is 0 Å². The second-order valence-corrected chi connectivity index (χ2v) is 10.7. The van der Waals surface area contributed by atoms with Crippen molar-refractivity contribution in [2.24, 2.45) is 0 Å². The van der Waals surface area contributed by atoms with Crippen LogP contribution >= 0.6 is 0 Å². The van der Waals surface area contributed by atoms with E-state index in [-0.39, 0.29) is 35.7 Å². The van der Waals surface area contributed by atoms with Crippen molar-refractivity contribution < 1.29 is 31.8 Å². The van der Waals surface area contributed by atoms with Crippen molar-refractivity contribution in [2.75, 3.05) is 34.0 Å². The van der Waals surface area contributed by atoms with E-state index in [1.807, 2.05) is 18.2 Å². The van der Waals surface area contributed by atoms with Gasteiger partial charge in [-0.2, -0.15) is 4.31 Å². The largest absolute Gasteiger partial charge is 0.497 e. The molecular formula is C28H32FNO6S. The highest BCUT2D eigenvalue weighted by molar-refractivity contribution is 7.89. The third-order valence-corrected chi connectivity index (χ3v) is 8.11. The fourth-order valence-electron chi connectivity index (χ4n) is 4.31. The molecule has 0 N–H and O–H groups in total. The van der Waals surface area contributed by atoms with Gasteiger partial charge in [0.25, 0.3) is 0 Å². The van der Waals surface area contributed by atoms with Crippen molar-refractivity contribution in [3.8, 4) is 17.2 Å². The summed E-state index contributed by atoms with van der Waals surface area (Å²) in [7, 11) is -1.04. The minimum atomic E-state index is -3.97. The van der Waals surface area contributed by atoms with E-state index in [1.165, 1.54) is 30.7 Å². The van der Waals surface area contributed by atoms with Crippen molar-refractivity contribution in [1.29, 1.82) is 0 Å². The van der Waals surface area contributed by atoms with E-state index in [0.29, 0.717) is 36.7 Å². The fourth-order valence-corrected chi connectivity index (χ4v) is 5.94. The third-order valence-electron chi connectivity index (χ3n) is 6.28. The van der Waals surface area contributed by atoms with E-state index in [9.17, 15) is 12.8 Å². The first kappa shape index (κ1) is 26.9. The maximum absolute atomic E-state index is 13.9. The Hall–Kier alpha value is -3.14. The van der Waals surface area contributed by atoms with Crippen molar-refractivity contribution >= 4 is 10.0 Å². The van der Waals surface area contributed by atoms with Crippen LogP contribution in [0.15, 0.2) is 71.6 Å². The molecule has 3 aromatic rings. The number of ether oxygens (including phenoxy) is 4. The summed E-state index contributed by atoms with van der Waals surface area (Å²) in [6, 6.07) is 18.6. The van der Waals surface area contributed by atoms with Gasteiger partial charge in [-0.1, -0.05) is 30.3 Å². The predicted octanol–water partition coefficient (Wildman–Crippen LogP) is 4.83. The molecule has 1 unspecified atom stereocenters. The Morgan fingerprint density at radius 2 is 1.84 bits per heavy atom. The maximum Gasteiger partial charge on any atom is 0.247 e. The van der Waals surface area contributed by atoms with Crippen LogP contribution in [0, 0.1) is 5.82 Å². The number of hydrogen-bond acceptors (Lipinski definition) is 6. The second kappa shape index (κ2) is 12.4. The molecule has 1 aliphatic heterocycles. The molecule has 1 fully saturated rings. The first-order valence-electron chi connectivity index (χ1n) is 12.2. The van der Waals surface area contributed by atoms with Gasteiger partial charge in [0, 0.05) is 32.2 Å². The molecule has 9 heteroatoms. The number of sulfonamides is 1. The molecular weight excluding hydrogens is 497 g/mol. The molecule has 4 rings (SSSR count).